The predicted molar refractivity (Wildman–Crippen MR) is 138 cm³/mol. The normalized spacial score (nSPS) is 15.9. The summed E-state index contributed by atoms with van der Waals surface area (Å²) >= 11 is 0. The molecule has 3 aromatic rings. The van der Waals surface area contributed by atoms with Crippen molar-refractivity contribution in [3.8, 4) is 28.4 Å². The standard InChI is InChI=1S/C29H34N2O4/c1-33-26-10-5-4-8-24(26)23-14-11-21(12-15-23)20-31-17-7-6-9-25(31)29(32)30-19-22-13-16-27(34-2)28(18-22)35-3/h4-5,8,10-16,18,25H,6-7,9,17,19-20H2,1-3H3,(H,30,32). The summed E-state index contributed by atoms with van der Waals surface area (Å²) in [5.74, 6) is 2.28. The molecular weight excluding hydrogens is 440 g/mol. The zero-order valence-electron chi connectivity index (χ0n) is 20.8. The van der Waals surface area contributed by atoms with Crippen molar-refractivity contribution in [2.45, 2.75) is 38.4 Å². The molecule has 0 aliphatic carbocycles. The molecule has 0 aromatic heterocycles. The van der Waals surface area contributed by atoms with Gasteiger partial charge in [0.05, 0.1) is 27.4 Å². The summed E-state index contributed by atoms with van der Waals surface area (Å²) in [5, 5.41) is 3.13. The SMILES string of the molecule is COc1ccc(CNC(=O)C2CCCCN2Cc2ccc(-c3ccccc3OC)cc2)cc1OC. The molecule has 1 heterocycles. The third kappa shape index (κ3) is 5.95. The number of benzene rings is 3. The second-order valence-corrected chi connectivity index (χ2v) is 8.79. The van der Waals surface area contributed by atoms with E-state index in [4.69, 9.17) is 14.2 Å². The van der Waals surface area contributed by atoms with Crippen molar-refractivity contribution in [1.29, 1.82) is 0 Å². The Morgan fingerprint density at radius 2 is 1.57 bits per heavy atom. The lowest BCUT2D eigenvalue weighted by Gasteiger charge is -2.34. The zero-order valence-corrected chi connectivity index (χ0v) is 20.8. The Kier molecular flexibility index (Phi) is 8.27. The number of amides is 1. The number of carbonyl (C=O) groups excluding carboxylic acids is 1. The molecule has 1 atom stereocenters. The summed E-state index contributed by atoms with van der Waals surface area (Å²) in [5.41, 5.74) is 4.37. The molecule has 184 valence electrons. The van der Waals surface area contributed by atoms with Crippen LogP contribution in [0.3, 0.4) is 0 Å². The number of nitrogens with one attached hydrogen (secondary N) is 1. The van der Waals surface area contributed by atoms with Gasteiger partial charge in [0.2, 0.25) is 5.91 Å². The maximum absolute atomic E-state index is 13.1. The molecule has 1 aliphatic heterocycles. The van der Waals surface area contributed by atoms with Gasteiger partial charge in [-0.1, -0.05) is 55.0 Å². The van der Waals surface area contributed by atoms with E-state index < -0.39 is 0 Å². The molecule has 1 saturated heterocycles. The first kappa shape index (κ1) is 24.6. The van der Waals surface area contributed by atoms with Gasteiger partial charge in [-0.25, -0.2) is 0 Å². The fraction of sp³-hybridized carbons (Fsp3) is 0.345. The van der Waals surface area contributed by atoms with Gasteiger partial charge in [0.25, 0.3) is 0 Å². The Bertz CT molecular complexity index is 1130. The summed E-state index contributed by atoms with van der Waals surface area (Å²) in [6.45, 7) is 2.13. The van der Waals surface area contributed by atoms with E-state index in [1.165, 1.54) is 5.56 Å². The average molecular weight is 475 g/mol. The highest BCUT2D eigenvalue weighted by atomic mass is 16.5. The smallest absolute Gasteiger partial charge is 0.237 e. The van der Waals surface area contributed by atoms with Crippen LogP contribution < -0.4 is 19.5 Å². The number of hydrogen-bond donors (Lipinski definition) is 1. The van der Waals surface area contributed by atoms with Gasteiger partial charge in [0.15, 0.2) is 11.5 Å². The Morgan fingerprint density at radius 3 is 2.31 bits per heavy atom. The Balaban J connectivity index is 1.40. The first-order chi connectivity index (χ1) is 17.1. The highest BCUT2D eigenvalue weighted by Gasteiger charge is 2.28. The summed E-state index contributed by atoms with van der Waals surface area (Å²) < 4.78 is 16.2. The van der Waals surface area contributed by atoms with E-state index in [-0.39, 0.29) is 11.9 Å². The number of hydrogen-bond acceptors (Lipinski definition) is 5. The van der Waals surface area contributed by atoms with Crippen LogP contribution in [0.1, 0.15) is 30.4 Å². The van der Waals surface area contributed by atoms with E-state index in [0.29, 0.717) is 18.0 Å². The highest BCUT2D eigenvalue weighted by Crippen LogP contribution is 2.30. The van der Waals surface area contributed by atoms with E-state index in [2.05, 4.69) is 40.5 Å². The minimum absolute atomic E-state index is 0.0742. The van der Waals surface area contributed by atoms with Crippen LogP contribution in [0.2, 0.25) is 0 Å². The van der Waals surface area contributed by atoms with E-state index in [9.17, 15) is 4.79 Å². The van der Waals surface area contributed by atoms with Gasteiger partial charge in [-0.2, -0.15) is 0 Å². The van der Waals surface area contributed by atoms with Gasteiger partial charge in [-0.15, -0.1) is 0 Å². The molecule has 1 aliphatic rings. The lowest BCUT2D eigenvalue weighted by molar-refractivity contribution is -0.128. The predicted octanol–water partition coefficient (Wildman–Crippen LogP) is 5.05. The van der Waals surface area contributed by atoms with E-state index >= 15 is 0 Å². The quantitative estimate of drug-likeness (QED) is 0.470. The lowest BCUT2D eigenvalue weighted by Crippen LogP contribution is -2.48. The first-order valence-electron chi connectivity index (χ1n) is 12.1. The number of nitrogens with zero attached hydrogens (tertiary/aromatic N) is 1. The number of para-hydroxylation sites is 1. The average Bonchev–Trinajstić information content (AvgIpc) is 2.92. The van der Waals surface area contributed by atoms with Gasteiger partial charge >= 0.3 is 0 Å². The topological polar surface area (TPSA) is 60.0 Å². The second-order valence-electron chi connectivity index (χ2n) is 8.79. The van der Waals surface area contributed by atoms with Crippen LogP contribution in [0.15, 0.2) is 66.7 Å². The molecule has 6 heteroatoms. The summed E-state index contributed by atoms with van der Waals surface area (Å²) in [6, 6.07) is 22.2. The molecule has 6 nitrogen and oxygen atoms in total. The molecule has 0 bridgehead atoms. The van der Waals surface area contributed by atoms with Crippen molar-refractivity contribution in [3.63, 3.8) is 0 Å². The van der Waals surface area contributed by atoms with Crippen molar-refractivity contribution < 1.29 is 19.0 Å². The van der Waals surface area contributed by atoms with Gasteiger partial charge in [-0.05, 0) is 54.3 Å². The van der Waals surface area contributed by atoms with Crippen LogP contribution in [-0.2, 0) is 17.9 Å². The van der Waals surface area contributed by atoms with Crippen molar-refractivity contribution in [2.24, 2.45) is 0 Å². The number of ether oxygens (including phenoxy) is 3. The Morgan fingerprint density at radius 1 is 0.857 bits per heavy atom. The molecule has 1 amide bonds. The summed E-state index contributed by atoms with van der Waals surface area (Å²) in [7, 11) is 4.92. The fourth-order valence-corrected chi connectivity index (χ4v) is 4.68. The third-order valence-corrected chi connectivity index (χ3v) is 6.59. The molecule has 1 fully saturated rings. The van der Waals surface area contributed by atoms with Crippen molar-refractivity contribution in [3.05, 3.63) is 77.9 Å². The number of likely N-dealkylation sites (tertiary alicyclic amines) is 1. The van der Waals surface area contributed by atoms with Crippen LogP contribution in [-0.4, -0.2) is 44.7 Å². The zero-order chi connectivity index (χ0) is 24.6. The largest absolute Gasteiger partial charge is 0.496 e. The van der Waals surface area contributed by atoms with Gasteiger partial charge in [0, 0.05) is 18.7 Å². The second kappa shape index (κ2) is 11.8. The molecule has 4 rings (SSSR count). The first-order valence-corrected chi connectivity index (χ1v) is 12.1. The van der Waals surface area contributed by atoms with Crippen LogP contribution in [0.5, 0.6) is 17.2 Å². The molecule has 35 heavy (non-hydrogen) atoms. The Labute approximate surface area is 207 Å². The monoisotopic (exact) mass is 474 g/mol. The molecule has 1 unspecified atom stereocenters. The molecule has 3 aromatic carbocycles. The molecule has 0 spiro atoms. The van der Waals surface area contributed by atoms with Gasteiger partial charge in [0.1, 0.15) is 5.75 Å². The minimum atomic E-state index is -0.127. The maximum Gasteiger partial charge on any atom is 0.237 e. The third-order valence-electron chi connectivity index (χ3n) is 6.59. The number of rotatable bonds is 9. The maximum atomic E-state index is 13.1. The van der Waals surface area contributed by atoms with Crippen LogP contribution in [0.4, 0.5) is 0 Å². The summed E-state index contributed by atoms with van der Waals surface area (Å²) in [6.07, 6.45) is 3.05. The van der Waals surface area contributed by atoms with Crippen LogP contribution in [0.25, 0.3) is 11.1 Å². The Hall–Kier alpha value is -3.51. The van der Waals surface area contributed by atoms with E-state index in [0.717, 1.165) is 54.8 Å². The minimum Gasteiger partial charge on any atom is -0.496 e. The molecule has 1 N–H and O–H groups in total. The molecular formula is C29H34N2O4. The fourth-order valence-electron chi connectivity index (χ4n) is 4.68. The highest BCUT2D eigenvalue weighted by molar-refractivity contribution is 5.81. The van der Waals surface area contributed by atoms with Crippen LogP contribution >= 0.6 is 0 Å². The van der Waals surface area contributed by atoms with E-state index in [1.807, 2.05) is 36.4 Å². The van der Waals surface area contributed by atoms with Crippen LogP contribution in [0, 0.1) is 0 Å². The van der Waals surface area contributed by atoms with Crippen molar-refractivity contribution >= 4 is 5.91 Å². The van der Waals surface area contributed by atoms with Crippen molar-refractivity contribution in [2.75, 3.05) is 27.9 Å². The number of methoxy groups -OCH3 is 3. The van der Waals surface area contributed by atoms with Crippen molar-refractivity contribution in [1.82, 2.24) is 10.2 Å². The molecule has 0 radical (unpaired) electrons. The van der Waals surface area contributed by atoms with Gasteiger partial charge < -0.3 is 19.5 Å². The van der Waals surface area contributed by atoms with E-state index in [1.54, 1.807) is 21.3 Å². The number of piperidine rings is 1. The molecule has 0 saturated carbocycles. The lowest BCUT2D eigenvalue weighted by atomic mass is 9.99. The number of carbonyl (C=O) groups is 1. The summed E-state index contributed by atoms with van der Waals surface area (Å²) in [4.78, 5) is 15.4. The van der Waals surface area contributed by atoms with Gasteiger partial charge in [-0.3, -0.25) is 9.69 Å².